The average molecular weight is 287 g/mol. The molecular formula is C13H16F3N3O. The second-order valence-electron chi connectivity index (χ2n) is 4.96. The average Bonchev–Trinajstić information content (AvgIpc) is 2.37. The predicted octanol–water partition coefficient (Wildman–Crippen LogP) is 1.97. The van der Waals surface area contributed by atoms with Crippen LogP contribution in [0.5, 0.6) is 0 Å². The van der Waals surface area contributed by atoms with Gasteiger partial charge in [-0.2, -0.15) is 13.2 Å². The largest absolute Gasteiger partial charge is 0.433 e. The molecule has 2 rings (SSSR count). The molecule has 7 heteroatoms. The summed E-state index contributed by atoms with van der Waals surface area (Å²) in [5.41, 5.74) is 5.09. The number of halogens is 3. The van der Waals surface area contributed by atoms with E-state index in [0.29, 0.717) is 25.9 Å². The van der Waals surface area contributed by atoms with Gasteiger partial charge in [0, 0.05) is 19.1 Å². The van der Waals surface area contributed by atoms with Gasteiger partial charge in [-0.05, 0) is 31.9 Å². The highest BCUT2D eigenvalue weighted by atomic mass is 19.4. The molecule has 1 aromatic heterocycles. The lowest BCUT2D eigenvalue weighted by atomic mass is 10.0. The van der Waals surface area contributed by atoms with E-state index in [2.05, 4.69) is 4.98 Å². The summed E-state index contributed by atoms with van der Waals surface area (Å²) in [6.07, 6.45) is -3.08. The Bertz CT molecular complexity index is 508. The maximum absolute atomic E-state index is 12.5. The van der Waals surface area contributed by atoms with Crippen molar-refractivity contribution < 1.29 is 18.0 Å². The quantitative estimate of drug-likeness (QED) is 0.859. The summed E-state index contributed by atoms with van der Waals surface area (Å²) in [6.45, 7) is 2.47. The number of rotatable bonds is 1. The zero-order valence-corrected chi connectivity index (χ0v) is 11.1. The third-order valence-electron chi connectivity index (χ3n) is 3.43. The Labute approximate surface area is 114 Å². The first-order valence-electron chi connectivity index (χ1n) is 6.38. The van der Waals surface area contributed by atoms with Crippen molar-refractivity contribution in [2.24, 2.45) is 5.73 Å². The number of amides is 1. The van der Waals surface area contributed by atoms with E-state index in [-0.39, 0.29) is 23.2 Å². The van der Waals surface area contributed by atoms with Gasteiger partial charge in [-0.1, -0.05) is 0 Å². The molecule has 0 aromatic carbocycles. The van der Waals surface area contributed by atoms with Crippen LogP contribution in [0.4, 0.5) is 13.2 Å². The van der Waals surface area contributed by atoms with Gasteiger partial charge in [0.1, 0.15) is 5.69 Å². The Morgan fingerprint density at radius 1 is 1.35 bits per heavy atom. The zero-order valence-electron chi connectivity index (χ0n) is 11.1. The van der Waals surface area contributed by atoms with Crippen LogP contribution >= 0.6 is 0 Å². The topological polar surface area (TPSA) is 59.2 Å². The van der Waals surface area contributed by atoms with E-state index in [1.54, 1.807) is 4.90 Å². The third kappa shape index (κ3) is 3.09. The molecule has 1 fully saturated rings. The molecule has 0 unspecified atom stereocenters. The zero-order chi connectivity index (χ0) is 14.9. The van der Waals surface area contributed by atoms with Crippen LogP contribution in [0.2, 0.25) is 0 Å². The number of nitrogens with two attached hydrogens (primary N) is 1. The maximum Gasteiger partial charge on any atom is 0.433 e. The first-order valence-corrected chi connectivity index (χ1v) is 6.38. The molecule has 0 bridgehead atoms. The number of carbonyl (C=O) groups excluding carboxylic acids is 1. The first-order chi connectivity index (χ1) is 9.29. The van der Waals surface area contributed by atoms with Crippen molar-refractivity contribution >= 4 is 5.91 Å². The smallest absolute Gasteiger partial charge is 0.338 e. The minimum Gasteiger partial charge on any atom is -0.338 e. The number of carbonyl (C=O) groups is 1. The lowest BCUT2D eigenvalue weighted by molar-refractivity contribution is -0.141. The molecule has 20 heavy (non-hydrogen) atoms. The van der Waals surface area contributed by atoms with Gasteiger partial charge in [-0.25, -0.2) is 4.98 Å². The van der Waals surface area contributed by atoms with Gasteiger partial charge in [-0.15, -0.1) is 0 Å². The van der Waals surface area contributed by atoms with E-state index in [1.165, 1.54) is 13.0 Å². The normalized spacial score (nSPS) is 17.4. The molecule has 1 aromatic rings. The molecule has 1 aliphatic heterocycles. The summed E-state index contributed by atoms with van der Waals surface area (Å²) in [7, 11) is 0. The van der Waals surface area contributed by atoms with Crippen molar-refractivity contribution in [3.63, 3.8) is 0 Å². The molecule has 1 aliphatic rings. The van der Waals surface area contributed by atoms with Gasteiger partial charge in [0.15, 0.2) is 0 Å². The second kappa shape index (κ2) is 5.40. The Morgan fingerprint density at radius 3 is 2.45 bits per heavy atom. The lowest BCUT2D eigenvalue weighted by Gasteiger charge is -2.30. The van der Waals surface area contributed by atoms with Gasteiger partial charge >= 0.3 is 6.18 Å². The number of hydrogen-bond donors (Lipinski definition) is 1. The van der Waals surface area contributed by atoms with Crippen LogP contribution in [0.3, 0.4) is 0 Å². The summed E-state index contributed by atoms with van der Waals surface area (Å²) in [5.74, 6) is -0.282. The predicted molar refractivity (Wildman–Crippen MR) is 67.1 cm³/mol. The van der Waals surface area contributed by atoms with E-state index < -0.39 is 11.9 Å². The maximum atomic E-state index is 12.5. The second-order valence-corrected chi connectivity index (χ2v) is 4.96. The van der Waals surface area contributed by atoms with E-state index >= 15 is 0 Å². The van der Waals surface area contributed by atoms with E-state index in [4.69, 9.17) is 5.73 Å². The number of hydrogen-bond acceptors (Lipinski definition) is 3. The van der Waals surface area contributed by atoms with Crippen molar-refractivity contribution in [2.75, 3.05) is 13.1 Å². The summed E-state index contributed by atoms with van der Waals surface area (Å²) in [4.78, 5) is 17.3. The molecule has 1 saturated heterocycles. The number of alkyl halides is 3. The summed E-state index contributed by atoms with van der Waals surface area (Å²) >= 11 is 0. The van der Waals surface area contributed by atoms with E-state index in [1.807, 2.05) is 0 Å². The highest BCUT2D eigenvalue weighted by Crippen LogP contribution is 2.28. The Balaban J connectivity index is 2.19. The third-order valence-corrected chi connectivity index (χ3v) is 3.43. The van der Waals surface area contributed by atoms with Crippen LogP contribution in [-0.4, -0.2) is 34.9 Å². The van der Waals surface area contributed by atoms with Gasteiger partial charge in [0.25, 0.3) is 5.91 Å². The molecule has 110 valence electrons. The first kappa shape index (κ1) is 14.8. The van der Waals surface area contributed by atoms with Crippen LogP contribution in [0, 0.1) is 6.92 Å². The number of pyridine rings is 1. The van der Waals surface area contributed by atoms with E-state index in [9.17, 15) is 18.0 Å². The fourth-order valence-electron chi connectivity index (χ4n) is 2.22. The van der Waals surface area contributed by atoms with Crippen LogP contribution in [0.15, 0.2) is 12.1 Å². The molecule has 0 radical (unpaired) electrons. The fraction of sp³-hybridized carbons (Fsp3) is 0.538. The Kier molecular flexibility index (Phi) is 3.99. The molecule has 0 atom stereocenters. The molecule has 0 aliphatic carbocycles. The number of aryl methyl sites for hydroxylation is 1. The van der Waals surface area contributed by atoms with Crippen molar-refractivity contribution in [3.8, 4) is 0 Å². The van der Waals surface area contributed by atoms with Crippen molar-refractivity contribution in [1.82, 2.24) is 9.88 Å². The standard InChI is InChI=1S/C13H16F3N3O/c1-8-10(2-3-11(18-8)13(14,15)16)12(20)19-6-4-9(17)5-7-19/h2-3,9H,4-7,17H2,1H3. The highest BCUT2D eigenvalue weighted by Gasteiger charge is 2.33. The molecule has 0 spiro atoms. The fourth-order valence-corrected chi connectivity index (χ4v) is 2.22. The van der Waals surface area contributed by atoms with Gasteiger partial charge in [0.05, 0.1) is 11.3 Å². The number of aromatic nitrogens is 1. The lowest BCUT2D eigenvalue weighted by Crippen LogP contribution is -2.43. The van der Waals surface area contributed by atoms with Crippen molar-refractivity contribution in [3.05, 3.63) is 29.1 Å². The number of likely N-dealkylation sites (tertiary alicyclic amines) is 1. The molecule has 1 amide bonds. The molecule has 2 N–H and O–H groups in total. The molecular weight excluding hydrogens is 271 g/mol. The summed E-state index contributed by atoms with van der Waals surface area (Å²) < 4.78 is 37.6. The minimum absolute atomic E-state index is 0.0888. The summed E-state index contributed by atoms with van der Waals surface area (Å²) in [6, 6.07) is 2.13. The van der Waals surface area contributed by atoms with Crippen molar-refractivity contribution in [2.45, 2.75) is 32.0 Å². The number of piperidine rings is 1. The van der Waals surface area contributed by atoms with E-state index in [0.717, 1.165) is 6.07 Å². The van der Waals surface area contributed by atoms with Crippen LogP contribution in [0.25, 0.3) is 0 Å². The summed E-state index contributed by atoms with van der Waals surface area (Å²) in [5, 5.41) is 0. The SMILES string of the molecule is Cc1nc(C(F)(F)F)ccc1C(=O)N1CCC(N)CC1. The minimum atomic E-state index is -4.50. The highest BCUT2D eigenvalue weighted by molar-refractivity contribution is 5.95. The Hall–Kier alpha value is -1.63. The number of nitrogens with zero attached hydrogens (tertiary/aromatic N) is 2. The Morgan fingerprint density at radius 2 is 1.95 bits per heavy atom. The molecule has 0 saturated carbocycles. The van der Waals surface area contributed by atoms with Crippen LogP contribution in [-0.2, 0) is 6.18 Å². The van der Waals surface area contributed by atoms with Crippen LogP contribution < -0.4 is 5.73 Å². The monoisotopic (exact) mass is 287 g/mol. The van der Waals surface area contributed by atoms with Gasteiger partial charge < -0.3 is 10.6 Å². The molecule has 2 heterocycles. The van der Waals surface area contributed by atoms with Crippen molar-refractivity contribution in [1.29, 1.82) is 0 Å². The van der Waals surface area contributed by atoms with Gasteiger partial charge in [0.2, 0.25) is 0 Å². The van der Waals surface area contributed by atoms with Crippen LogP contribution in [0.1, 0.15) is 34.6 Å². The molecule has 4 nitrogen and oxygen atoms in total. The van der Waals surface area contributed by atoms with Gasteiger partial charge in [-0.3, -0.25) is 4.79 Å².